The van der Waals surface area contributed by atoms with Crippen molar-refractivity contribution in [1.29, 1.82) is 0 Å². The number of hydrogen-bond donors (Lipinski definition) is 3. The molecule has 0 aliphatic rings. The van der Waals surface area contributed by atoms with Crippen LogP contribution in [0.2, 0.25) is 0 Å². The minimum Gasteiger partial charge on any atom is -0.508 e. The first-order valence-electron chi connectivity index (χ1n) is 5.68. The molecule has 0 heterocycles. The molecule has 0 aliphatic carbocycles. The van der Waals surface area contributed by atoms with Crippen molar-refractivity contribution >= 4 is 5.84 Å². The topological polar surface area (TPSA) is 88.1 Å². The number of nitrogens with zero attached hydrogens (tertiary/aromatic N) is 1. The van der Waals surface area contributed by atoms with Crippen molar-refractivity contribution in [1.82, 2.24) is 0 Å². The van der Waals surface area contributed by atoms with Crippen LogP contribution in [0.25, 0.3) is 0 Å². The number of rotatable bonds is 4. The first-order valence-corrected chi connectivity index (χ1v) is 5.68. The fourth-order valence-electron chi connectivity index (χ4n) is 1.61. The zero-order valence-corrected chi connectivity index (χ0v) is 10.2. The molecule has 5 nitrogen and oxygen atoms in total. The third-order valence-electron chi connectivity index (χ3n) is 2.60. The van der Waals surface area contributed by atoms with E-state index >= 15 is 0 Å². The Morgan fingerprint density at radius 2 is 1.79 bits per heavy atom. The molecule has 0 saturated heterocycles. The number of phenols is 1. The number of nitrogens with two attached hydrogens (primary N) is 1. The summed E-state index contributed by atoms with van der Waals surface area (Å²) >= 11 is 0. The molecule has 0 saturated carbocycles. The second-order valence-corrected chi connectivity index (χ2v) is 3.94. The van der Waals surface area contributed by atoms with Gasteiger partial charge in [0.15, 0.2) is 5.84 Å². The Morgan fingerprint density at radius 1 is 1.11 bits per heavy atom. The van der Waals surface area contributed by atoms with Crippen LogP contribution in [0.1, 0.15) is 11.1 Å². The van der Waals surface area contributed by atoms with Gasteiger partial charge < -0.3 is 20.8 Å². The lowest BCUT2D eigenvalue weighted by Gasteiger charge is -2.10. The van der Waals surface area contributed by atoms with Crippen LogP contribution in [-0.4, -0.2) is 16.1 Å². The Hall–Kier alpha value is -2.69. The number of amidine groups is 1. The molecule has 19 heavy (non-hydrogen) atoms. The van der Waals surface area contributed by atoms with Gasteiger partial charge in [0.1, 0.15) is 18.1 Å². The first kappa shape index (κ1) is 12.8. The molecule has 4 N–H and O–H groups in total. The number of aromatic hydroxyl groups is 1. The highest BCUT2D eigenvalue weighted by Gasteiger charge is 2.07. The molecule has 0 spiro atoms. The van der Waals surface area contributed by atoms with Gasteiger partial charge in [-0.15, -0.1) is 0 Å². The maximum absolute atomic E-state index is 9.19. The van der Waals surface area contributed by atoms with E-state index in [9.17, 15) is 5.11 Å². The van der Waals surface area contributed by atoms with Crippen molar-refractivity contribution < 1.29 is 15.1 Å². The average molecular weight is 258 g/mol. The molecule has 2 rings (SSSR count). The number of benzene rings is 2. The van der Waals surface area contributed by atoms with Crippen LogP contribution in [0.5, 0.6) is 11.5 Å². The highest BCUT2D eigenvalue weighted by molar-refractivity contribution is 5.99. The standard InChI is InChI=1S/C14H14N2O3/c15-14(16-18)12-3-1-2-4-13(12)19-9-10-5-7-11(17)8-6-10/h1-8,17-18H,9H2,(H2,15,16). The molecule has 5 heteroatoms. The number of phenolic OH excluding ortho intramolecular Hbond substituents is 1. The van der Waals surface area contributed by atoms with Gasteiger partial charge in [-0.25, -0.2) is 0 Å². The van der Waals surface area contributed by atoms with E-state index in [0.717, 1.165) is 5.56 Å². The van der Waals surface area contributed by atoms with Gasteiger partial charge in [-0.3, -0.25) is 0 Å². The maximum atomic E-state index is 9.19. The van der Waals surface area contributed by atoms with Gasteiger partial charge in [-0.1, -0.05) is 29.4 Å². The van der Waals surface area contributed by atoms with Gasteiger partial charge in [0.05, 0.1) is 5.56 Å². The Morgan fingerprint density at radius 3 is 2.47 bits per heavy atom. The lowest BCUT2D eigenvalue weighted by molar-refractivity contribution is 0.303. The van der Waals surface area contributed by atoms with Gasteiger partial charge in [-0.05, 0) is 29.8 Å². The van der Waals surface area contributed by atoms with Crippen LogP contribution in [-0.2, 0) is 6.61 Å². The molecule has 98 valence electrons. The summed E-state index contributed by atoms with van der Waals surface area (Å²) in [7, 11) is 0. The molecular weight excluding hydrogens is 244 g/mol. The van der Waals surface area contributed by atoms with E-state index < -0.39 is 0 Å². The Kier molecular flexibility index (Phi) is 3.87. The minimum atomic E-state index is 0.00121. The summed E-state index contributed by atoms with van der Waals surface area (Å²) < 4.78 is 5.63. The number of hydrogen-bond acceptors (Lipinski definition) is 4. The largest absolute Gasteiger partial charge is 0.508 e. The number of ether oxygens (including phenoxy) is 1. The summed E-state index contributed by atoms with van der Waals surface area (Å²) in [6, 6.07) is 13.8. The average Bonchev–Trinajstić information content (AvgIpc) is 2.46. The monoisotopic (exact) mass is 258 g/mol. The first-order chi connectivity index (χ1) is 9.20. The normalized spacial score (nSPS) is 11.3. The summed E-state index contributed by atoms with van der Waals surface area (Å²) in [4.78, 5) is 0. The lowest BCUT2D eigenvalue weighted by Crippen LogP contribution is -2.14. The van der Waals surface area contributed by atoms with Crippen LogP contribution in [0.15, 0.2) is 53.7 Å². The molecule has 0 fully saturated rings. The zero-order valence-electron chi connectivity index (χ0n) is 10.2. The summed E-state index contributed by atoms with van der Waals surface area (Å²) in [5, 5.41) is 20.9. The predicted octanol–water partition coefficient (Wildman–Crippen LogP) is 2.07. The van der Waals surface area contributed by atoms with Crippen LogP contribution < -0.4 is 10.5 Å². The van der Waals surface area contributed by atoms with E-state index in [1.807, 2.05) is 0 Å². The van der Waals surface area contributed by atoms with Gasteiger partial charge >= 0.3 is 0 Å². The molecule has 2 aromatic rings. The van der Waals surface area contributed by atoms with E-state index in [2.05, 4.69) is 5.16 Å². The van der Waals surface area contributed by atoms with Crippen molar-refractivity contribution in [2.75, 3.05) is 0 Å². The molecule has 0 amide bonds. The molecule has 0 unspecified atom stereocenters. The Labute approximate surface area is 110 Å². The van der Waals surface area contributed by atoms with E-state index in [1.54, 1.807) is 48.5 Å². The Bertz CT molecular complexity index is 579. The van der Waals surface area contributed by atoms with Crippen molar-refractivity contribution in [3.63, 3.8) is 0 Å². The zero-order chi connectivity index (χ0) is 13.7. The van der Waals surface area contributed by atoms with E-state index in [4.69, 9.17) is 15.7 Å². The smallest absolute Gasteiger partial charge is 0.173 e. The third kappa shape index (κ3) is 3.16. The fourth-order valence-corrected chi connectivity index (χ4v) is 1.61. The second kappa shape index (κ2) is 5.77. The third-order valence-corrected chi connectivity index (χ3v) is 2.60. The number of para-hydroxylation sites is 1. The SMILES string of the molecule is NC(=NO)c1ccccc1OCc1ccc(O)cc1. The lowest BCUT2D eigenvalue weighted by atomic mass is 10.2. The van der Waals surface area contributed by atoms with Crippen LogP contribution in [0.3, 0.4) is 0 Å². The van der Waals surface area contributed by atoms with E-state index in [0.29, 0.717) is 17.9 Å². The molecule has 0 aromatic heterocycles. The summed E-state index contributed by atoms with van der Waals surface area (Å²) in [5.41, 5.74) is 7.01. The van der Waals surface area contributed by atoms with Crippen molar-refractivity contribution in [2.24, 2.45) is 10.9 Å². The van der Waals surface area contributed by atoms with E-state index in [-0.39, 0.29) is 11.6 Å². The highest BCUT2D eigenvalue weighted by Crippen LogP contribution is 2.19. The van der Waals surface area contributed by atoms with Crippen LogP contribution in [0, 0.1) is 0 Å². The molecule has 0 bridgehead atoms. The van der Waals surface area contributed by atoms with Gasteiger partial charge in [0.2, 0.25) is 0 Å². The molecule has 0 radical (unpaired) electrons. The van der Waals surface area contributed by atoms with Gasteiger partial charge in [0.25, 0.3) is 0 Å². The summed E-state index contributed by atoms with van der Waals surface area (Å²) in [5.74, 6) is 0.744. The van der Waals surface area contributed by atoms with Crippen LogP contribution in [0.4, 0.5) is 0 Å². The fraction of sp³-hybridized carbons (Fsp3) is 0.0714. The Balaban J connectivity index is 2.13. The second-order valence-electron chi connectivity index (χ2n) is 3.94. The number of oxime groups is 1. The highest BCUT2D eigenvalue weighted by atomic mass is 16.5. The van der Waals surface area contributed by atoms with Gasteiger partial charge in [0, 0.05) is 0 Å². The maximum Gasteiger partial charge on any atom is 0.173 e. The van der Waals surface area contributed by atoms with Crippen molar-refractivity contribution in [2.45, 2.75) is 6.61 Å². The molecular formula is C14H14N2O3. The van der Waals surface area contributed by atoms with Crippen molar-refractivity contribution in [3.8, 4) is 11.5 Å². The molecule has 2 aromatic carbocycles. The van der Waals surface area contributed by atoms with Crippen molar-refractivity contribution in [3.05, 3.63) is 59.7 Å². The van der Waals surface area contributed by atoms with Gasteiger partial charge in [-0.2, -0.15) is 0 Å². The molecule has 0 aliphatic heterocycles. The van der Waals surface area contributed by atoms with E-state index in [1.165, 1.54) is 0 Å². The predicted molar refractivity (Wildman–Crippen MR) is 71.4 cm³/mol. The molecule has 0 atom stereocenters. The van der Waals surface area contributed by atoms with Crippen LogP contribution >= 0.6 is 0 Å². The minimum absolute atomic E-state index is 0.00121. The summed E-state index contributed by atoms with van der Waals surface area (Å²) in [6.07, 6.45) is 0. The summed E-state index contributed by atoms with van der Waals surface area (Å²) in [6.45, 7) is 0.329. The quantitative estimate of drug-likeness (QED) is 0.339.